The van der Waals surface area contributed by atoms with E-state index >= 15 is 0 Å². The van der Waals surface area contributed by atoms with Gasteiger partial charge in [-0.3, -0.25) is 4.79 Å². The number of nitrogens with one attached hydrogen (secondary N) is 1. The molecular formula is C13H13ClN2O2S. The number of benzene rings is 1. The van der Waals surface area contributed by atoms with Gasteiger partial charge in [-0.25, -0.2) is 4.98 Å². The topological polar surface area (TPSA) is 51.2 Å². The molecule has 19 heavy (non-hydrogen) atoms. The highest BCUT2D eigenvalue weighted by atomic mass is 35.5. The zero-order valence-electron chi connectivity index (χ0n) is 10.6. The predicted octanol–water partition coefficient (Wildman–Crippen LogP) is 3.29. The van der Waals surface area contributed by atoms with Gasteiger partial charge in [0.05, 0.1) is 13.5 Å². The van der Waals surface area contributed by atoms with Crippen molar-refractivity contribution >= 4 is 34.0 Å². The summed E-state index contributed by atoms with van der Waals surface area (Å²) >= 11 is 7.36. The Balaban J connectivity index is 2.08. The number of anilines is 1. The van der Waals surface area contributed by atoms with E-state index < -0.39 is 0 Å². The number of hydrogen-bond donors (Lipinski definition) is 1. The van der Waals surface area contributed by atoms with Crippen molar-refractivity contribution in [2.45, 2.75) is 13.3 Å². The van der Waals surface area contributed by atoms with E-state index in [2.05, 4.69) is 10.3 Å². The van der Waals surface area contributed by atoms with Crippen LogP contribution in [0.15, 0.2) is 24.4 Å². The van der Waals surface area contributed by atoms with E-state index in [1.54, 1.807) is 31.5 Å². The lowest BCUT2D eigenvalue weighted by molar-refractivity contribution is -0.115. The van der Waals surface area contributed by atoms with Gasteiger partial charge in [0.25, 0.3) is 0 Å². The van der Waals surface area contributed by atoms with Crippen LogP contribution in [0.3, 0.4) is 0 Å². The van der Waals surface area contributed by atoms with Crippen LogP contribution >= 0.6 is 22.9 Å². The first-order chi connectivity index (χ1) is 9.08. The van der Waals surface area contributed by atoms with Crippen LogP contribution in [0.1, 0.15) is 10.4 Å². The molecule has 1 N–H and O–H groups in total. The first-order valence-electron chi connectivity index (χ1n) is 5.63. The van der Waals surface area contributed by atoms with Gasteiger partial charge >= 0.3 is 0 Å². The molecular weight excluding hydrogens is 284 g/mol. The van der Waals surface area contributed by atoms with E-state index in [0.29, 0.717) is 15.9 Å². The number of aryl methyl sites for hydroxylation is 1. The fourth-order valence-electron chi connectivity index (χ4n) is 1.63. The highest BCUT2D eigenvalue weighted by Gasteiger charge is 2.11. The first kappa shape index (κ1) is 13.8. The molecule has 1 amide bonds. The number of rotatable bonds is 4. The highest BCUT2D eigenvalue weighted by molar-refractivity contribution is 7.15. The van der Waals surface area contributed by atoms with Crippen LogP contribution in [-0.2, 0) is 11.2 Å². The van der Waals surface area contributed by atoms with Crippen molar-refractivity contribution in [1.29, 1.82) is 0 Å². The Bertz CT molecular complexity index is 598. The molecule has 1 heterocycles. The summed E-state index contributed by atoms with van der Waals surface area (Å²) in [6.45, 7) is 1.94. The van der Waals surface area contributed by atoms with Crippen molar-refractivity contribution < 1.29 is 9.53 Å². The SMILES string of the molecule is COc1ccc(Cl)cc1CC(=O)Nc1ncc(C)s1. The predicted molar refractivity (Wildman–Crippen MR) is 77.2 cm³/mol. The van der Waals surface area contributed by atoms with Crippen molar-refractivity contribution in [3.05, 3.63) is 39.9 Å². The number of methoxy groups -OCH3 is 1. The molecule has 6 heteroatoms. The van der Waals surface area contributed by atoms with Crippen molar-refractivity contribution in [2.24, 2.45) is 0 Å². The average molecular weight is 297 g/mol. The number of carbonyl (C=O) groups excluding carboxylic acids is 1. The summed E-state index contributed by atoms with van der Waals surface area (Å²) in [6, 6.07) is 5.21. The molecule has 0 unspecified atom stereocenters. The van der Waals surface area contributed by atoms with Crippen molar-refractivity contribution in [3.8, 4) is 5.75 Å². The maximum atomic E-state index is 11.9. The Hall–Kier alpha value is -1.59. The van der Waals surface area contributed by atoms with E-state index in [-0.39, 0.29) is 12.3 Å². The second kappa shape index (κ2) is 6.04. The van der Waals surface area contributed by atoms with Gasteiger partial charge in [-0.1, -0.05) is 11.6 Å². The molecule has 1 aromatic carbocycles. The molecule has 0 radical (unpaired) electrons. The molecule has 4 nitrogen and oxygen atoms in total. The Morgan fingerprint density at radius 1 is 1.53 bits per heavy atom. The van der Waals surface area contributed by atoms with Gasteiger partial charge in [-0.15, -0.1) is 11.3 Å². The third kappa shape index (κ3) is 3.68. The standard InChI is InChI=1S/C13H13ClN2O2S/c1-8-7-15-13(19-8)16-12(17)6-9-5-10(14)3-4-11(9)18-2/h3-5,7H,6H2,1-2H3,(H,15,16,17). The quantitative estimate of drug-likeness (QED) is 0.942. The number of halogens is 1. The largest absolute Gasteiger partial charge is 0.496 e. The zero-order chi connectivity index (χ0) is 13.8. The van der Waals surface area contributed by atoms with Gasteiger partial charge < -0.3 is 10.1 Å². The fraction of sp³-hybridized carbons (Fsp3) is 0.231. The molecule has 100 valence electrons. The highest BCUT2D eigenvalue weighted by Crippen LogP contribution is 2.24. The Morgan fingerprint density at radius 2 is 2.32 bits per heavy atom. The average Bonchev–Trinajstić information content (AvgIpc) is 2.75. The molecule has 2 rings (SSSR count). The molecule has 0 atom stereocenters. The first-order valence-corrected chi connectivity index (χ1v) is 6.82. The summed E-state index contributed by atoms with van der Waals surface area (Å²) in [6.07, 6.45) is 1.92. The third-order valence-electron chi connectivity index (χ3n) is 2.46. The summed E-state index contributed by atoms with van der Waals surface area (Å²) < 4.78 is 5.20. The minimum Gasteiger partial charge on any atom is -0.496 e. The molecule has 1 aromatic heterocycles. The van der Waals surface area contributed by atoms with Crippen molar-refractivity contribution in [2.75, 3.05) is 12.4 Å². The van der Waals surface area contributed by atoms with Crippen LogP contribution in [0, 0.1) is 6.92 Å². The van der Waals surface area contributed by atoms with E-state index in [4.69, 9.17) is 16.3 Å². The normalized spacial score (nSPS) is 10.3. The lowest BCUT2D eigenvalue weighted by Gasteiger charge is -2.08. The van der Waals surface area contributed by atoms with E-state index in [1.807, 2.05) is 6.92 Å². The molecule has 0 aliphatic carbocycles. The Morgan fingerprint density at radius 3 is 2.95 bits per heavy atom. The lowest BCUT2D eigenvalue weighted by Crippen LogP contribution is -2.14. The summed E-state index contributed by atoms with van der Waals surface area (Å²) in [5.74, 6) is 0.504. The second-order valence-electron chi connectivity index (χ2n) is 3.96. The van der Waals surface area contributed by atoms with Gasteiger partial charge in [-0.05, 0) is 25.1 Å². The van der Waals surface area contributed by atoms with Gasteiger partial charge in [0, 0.05) is 21.7 Å². The summed E-state index contributed by atoms with van der Waals surface area (Å²) in [4.78, 5) is 17.1. The molecule has 2 aromatic rings. The van der Waals surface area contributed by atoms with Crippen LogP contribution in [0.2, 0.25) is 5.02 Å². The summed E-state index contributed by atoms with van der Waals surface area (Å²) in [5.41, 5.74) is 0.751. The van der Waals surface area contributed by atoms with Crippen molar-refractivity contribution in [3.63, 3.8) is 0 Å². The monoisotopic (exact) mass is 296 g/mol. The summed E-state index contributed by atoms with van der Waals surface area (Å²) in [7, 11) is 1.56. The fourth-order valence-corrected chi connectivity index (χ4v) is 2.51. The lowest BCUT2D eigenvalue weighted by atomic mass is 10.1. The molecule has 0 aliphatic heterocycles. The van der Waals surface area contributed by atoms with E-state index in [0.717, 1.165) is 10.4 Å². The van der Waals surface area contributed by atoms with E-state index in [1.165, 1.54) is 11.3 Å². The van der Waals surface area contributed by atoms with Crippen LogP contribution in [0.5, 0.6) is 5.75 Å². The van der Waals surface area contributed by atoms with Crippen molar-refractivity contribution in [1.82, 2.24) is 4.98 Å². The minimum absolute atomic E-state index is 0.144. The Kier molecular flexibility index (Phi) is 4.39. The number of ether oxygens (including phenoxy) is 1. The number of carbonyl (C=O) groups is 1. The van der Waals surface area contributed by atoms with Gasteiger partial charge in [0.1, 0.15) is 5.75 Å². The van der Waals surface area contributed by atoms with Crippen LogP contribution in [0.4, 0.5) is 5.13 Å². The molecule has 0 fully saturated rings. The smallest absolute Gasteiger partial charge is 0.230 e. The molecule has 0 bridgehead atoms. The number of amides is 1. The van der Waals surface area contributed by atoms with Crippen LogP contribution < -0.4 is 10.1 Å². The zero-order valence-corrected chi connectivity index (χ0v) is 12.1. The molecule has 0 spiro atoms. The summed E-state index contributed by atoms with van der Waals surface area (Å²) in [5, 5.41) is 3.93. The maximum Gasteiger partial charge on any atom is 0.230 e. The number of aromatic nitrogens is 1. The molecule has 0 aliphatic rings. The Labute approximate surface area is 120 Å². The molecule has 0 saturated carbocycles. The third-order valence-corrected chi connectivity index (χ3v) is 3.52. The molecule has 0 saturated heterocycles. The number of nitrogens with zero attached hydrogens (tertiary/aromatic N) is 1. The van der Waals surface area contributed by atoms with Crippen LogP contribution in [0.25, 0.3) is 0 Å². The van der Waals surface area contributed by atoms with Crippen LogP contribution in [-0.4, -0.2) is 18.0 Å². The van der Waals surface area contributed by atoms with Gasteiger partial charge in [0.15, 0.2) is 5.13 Å². The van der Waals surface area contributed by atoms with E-state index in [9.17, 15) is 4.79 Å². The van der Waals surface area contributed by atoms with Gasteiger partial charge in [0.2, 0.25) is 5.91 Å². The maximum absolute atomic E-state index is 11.9. The number of hydrogen-bond acceptors (Lipinski definition) is 4. The minimum atomic E-state index is -0.144. The number of thiazole rings is 1. The second-order valence-corrected chi connectivity index (χ2v) is 5.63. The van der Waals surface area contributed by atoms with Gasteiger partial charge in [-0.2, -0.15) is 0 Å².